The van der Waals surface area contributed by atoms with Crippen LogP contribution in [0.1, 0.15) is 19.3 Å². The number of allylic oxidation sites excluding steroid dienone is 1. The average molecular weight is 182 g/mol. The van der Waals surface area contributed by atoms with E-state index in [4.69, 9.17) is 4.74 Å². The van der Waals surface area contributed by atoms with E-state index in [1.54, 1.807) is 0 Å². The molecular weight excluding hydrogens is 168 g/mol. The Labute approximate surface area is 77.7 Å². The summed E-state index contributed by atoms with van der Waals surface area (Å²) in [6.07, 6.45) is 4.89. The van der Waals surface area contributed by atoms with E-state index in [1.165, 1.54) is 7.11 Å². The molecular formula is C10H14O3. The maximum absolute atomic E-state index is 11.2. The van der Waals surface area contributed by atoms with Crippen molar-refractivity contribution in [3.8, 4) is 0 Å². The van der Waals surface area contributed by atoms with Crippen LogP contribution in [0.3, 0.4) is 0 Å². The fraction of sp³-hybridized carbons (Fsp3) is 0.700. The van der Waals surface area contributed by atoms with Gasteiger partial charge in [0.15, 0.2) is 0 Å². The Morgan fingerprint density at radius 2 is 2.38 bits per heavy atom. The second kappa shape index (κ2) is 3.14. The molecule has 0 aromatic carbocycles. The van der Waals surface area contributed by atoms with Crippen molar-refractivity contribution in [3.63, 3.8) is 0 Å². The molecule has 0 aromatic heterocycles. The zero-order valence-corrected chi connectivity index (χ0v) is 7.84. The minimum Gasteiger partial charge on any atom is -0.466 e. The molecule has 0 N–H and O–H groups in total. The van der Waals surface area contributed by atoms with Crippen molar-refractivity contribution in [1.82, 2.24) is 0 Å². The van der Waals surface area contributed by atoms with E-state index in [2.05, 4.69) is 4.74 Å². The van der Waals surface area contributed by atoms with Gasteiger partial charge in [0.25, 0.3) is 0 Å². The highest BCUT2D eigenvalue weighted by Gasteiger charge is 2.40. The first-order valence-electron chi connectivity index (χ1n) is 4.61. The summed E-state index contributed by atoms with van der Waals surface area (Å²) in [5, 5.41) is 0. The van der Waals surface area contributed by atoms with E-state index >= 15 is 0 Å². The number of hydrogen-bond donors (Lipinski definition) is 0. The molecule has 0 aromatic rings. The zero-order valence-electron chi connectivity index (χ0n) is 7.84. The third kappa shape index (κ3) is 1.48. The molecule has 1 spiro atoms. The van der Waals surface area contributed by atoms with Gasteiger partial charge in [-0.25, -0.2) is 4.79 Å². The summed E-state index contributed by atoms with van der Waals surface area (Å²) in [7, 11) is 1.43. The third-order valence-corrected chi connectivity index (χ3v) is 2.97. The van der Waals surface area contributed by atoms with Crippen LogP contribution in [-0.4, -0.2) is 26.3 Å². The average Bonchev–Trinajstić information content (AvgIpc) is 2.14. The number of rotatable bonds is 1. The molecule has 2 aliphatic rings. The van der Waals surface area contributed by atoms with Crippen LogP contribution in [0, 0.1) is 5.41 Å². The lowest BCUT2D eigenvalue weighted by molar-refractivity contribution is -0.138. The van der Waals surface area contributed by atoms with E-state index in [9.17, 15) is 4.79 Å². The predicted molar refractivity (Wildman–Crippen MR) is 47.2 cm³/mol. The third-order valence-electron chi connectivity index (χ3n) is 2.97. The molecule has 1 saturated heterocycles. The Morgan fingerprint density at radius 3 is 2.77 bits per heavy atom. The maximum atomic E-state index is 11.2. The van der Waals surface area contributed by atoms with E-state index in [-0.39, 0.29) is 5.97 Å². The van der Waals surface area contributed by atoms with Gasteiger partial charge in [0.1, 0.15) is 0 Å². The van der Waals surface area contributed by atoms with Crippen molar-refractivity contribution in [2.24, 2.45) is 5.41 Å². The molecule has 0 unspecified atom stereocenters. The normalized spacial score (nSPS) is 24.8. The molecule has 0 radical (unpaired) electrons. The molecule has 1 fully saturated rings. The van der Waals surface area contributed by atoms with E-state index in [1.807, 2.05) is 6.08 Å². The highest BCUT2D eigenvalue weighted by Crippen LogP contribution is 2.41. The number of carbonyl (C=O) groups is 1. The van der Waals surface area contributed by atoms with Gasteiger partial charge in [-0.15, -0.1) is 0 Å². The number of methoxy groups -OCH3 is 1. The van der Waals surface area contributed by atoms with Crippen molar-refractivity contribution < 1.29 is 14.3 Å². The van der Waals surface area contributed by atoms with Crippen molar-refractivity contribution in [2.45, 2.75) is 19.3 Å². The maximum Gasteiger partial charge on any atom is 0.333 e. The van der Waals surface area contributed by atoms with Crippen LogP contribution in [0.25, 0.3) is 0 Å². The highest BCUT2D eigenvalue weighted by molar-refractivity contribution is 5.88. The minimum atomic E-state index is -0.171. The fourth-order valence-electron chi connectivity index (χ4n) is 1.91. The molecule has 3 heteroatoms. The van der Waals surface area contributed by atoms with Gasteiger partial charge in [0.05, 0.1) is 20.3 Å². The van der Waals surface area contributed by atoms with Gasteiger partial charge in [0, 0.05) is 11.0 Å². The summed E-state index contributed by atoms with van der Waals surface area (Å²) in [5.41, 5.74) is 1.19. The molecule has 1 aliphatic carbocycles. The molecule has 1 aliphatic heterocycles. The molecule has 0 atom stereocenters. The molecule has 0 amide bonds. The Hall–Kier alpha value is -0.830. The number of hydrogen-bond acceptors (Lipinski definition) is 3. The molecule has 1 heterocycles. The van der Waals surface area contributed by atoms with Crippen molar-refractivity contribution in [2.75, 3.05) is 20.3 Å². The largest absolute Gasteiger partial charge is 0.466 e. The second-order valence-corrected chi connectivity index (χ2v) is 3.92. The Balaban J connectivity index is 2.00. The van der Waals surface area contributed by atoms with Crippen molar-refractivity contribution >= 4 is 5.97 Å². The van der Waals surface area contributed by atoms with Crippen LogP contribution in [0.5, 0.6) is 0 Å². The molecule has 13 heavy (non-hydrogen) atoms. The van der Waals surface area contributed by atoms with Crippen molar-refractivity contribution in [3.05, 3.63) is 11.6 Å². The summed E-state index contributed by atoms with van der Waals surface area (Å²) < 4.78 is 9.86. The van der Waals surface area contributed by atoms with E-state index in [0.717, 1.165) is 38.0 Å². The molecule has 0 bridgehead atoms. The van der Waals surface area contributed by atoms with Crippen molar-refractivity contribution in [1.29, 1.82) is 0 Å². The Bertz CT molecular complexity index is 251. The van der Waals surface area contributed by atoms with Gasteiger partial charge >= 0.3 is 5.97 Å². The van der Waals surface area contributed by atoms with Crippen LogP contribution in [0.15, 0.2) is 11.6 Å². The van der Waals surface area contributed by atoms with Crippen LogP contribution in [0.4, 0.5) is 0 Å². The molecule has 72 valence electrons. The van der Waals surface area contributed by atoms with Gasteiger partial charge in [-0.05, 0) is 19.3 Å². The van der Waals surface area contributed by atoms with Gasteiger partial charge in [-0.1, -0.05) is 6.08 Å². The van der Waals surface area contributed by atoms with Gasteiger partial charge in [-0.2, -0.15) is 0 Å². The Morgan fingerprint density at radius 1 is 1.62 bits per heavy atom. The van der Waals surface area contributed by atoms with Gasteiger partial charge in [0.2, 0.25) is 0 Å². The molecule has 3 nitrogen and oxygen atoms in total. The number of esters is 1. The van der Waals surface area contributed by atoms with Crippen LogP contribution >= 0.6 is 0 Å². The predicted octanol–water partition coefficient (Wildman–Crippen LogP) is 1.29. The summed E-state index contributed by atoms with van der Waals surface area (Å²) in [5.74, 6) is -0.171. The second-order valence-electron chi connectivity index (χ2n) is 3.92. The zero-order chi connectivity index (χ0) is 9.31. The quantitative estimate of drug-likeness (QED) is 0.573. The number of carbonyl (C=O) groups excluding carboxylic acids is 1. The van der Waals surface area contributed by atoms with Gasteiger partial charge < -0.3 is 9.47 Å². The van der Waals surface area contributed by atoms with Gasteiger partial charge in [-0.3, -0.25) is 0 Å². The summed E-state index contributed by atoms with van der Waals surface area (Å²) in [4.78, 5) is 11.2. The Kier molecular flexibility index (Phi) is 2.12. The monoisotopic (exact) mass is 182 g/mol. The van der Waals surface area contributed by atoms with Crippen LogP contribution in [0.2, 0.25) is 0 Å². The first-order chi connectivity index (χ1) is 6.26. The lowest BCUT2D eigenvalue weighted by atomic mass is 9.73. The van der Waals surface area contributed by atoms with E-state index < -0.39 is 0 Å². The summed E-state index contributed by atoms with van der Waals surface area (Å²) in [6, 6.07) is 0. The standard InChI is InChI=1S/C10H14O3/c1-12-9(11)8-2-4-10(5-3-8)6-13-7-10/h2H,3-7H2,1H3. The van der Waals surface area contributed by atoms with Crippen LogP contribution in [-0.2, 0) is 14.3 Å². The number of ether oxygens (including phenoxy) is 2. The lowest BCUT2D eigenvalue weighted by Gasteiger charge is -2.43. The topological polar surface area (TPSA) is 35.5 Å². The first-order valence-corrected chi connectivity index (χ1v) is 4.61. The van der Waals surface area contributed by atoms with E-state index in [0.29, 0.717) is 5.41 Å². The minimum absolute atomic E-state index is 0.171. The summed E-state index contributed by atoms with van der Waals surface area (Å²) in [6.45, 7) is 1.72. The molecule has 2 rings (SSSR count). The summed E-state index contributed by atoms with van der Waals surface area (Å²) >= 11 is 0. The lowest BCUT2D eigenvalue weighted by Crippen LogP contribution is -2.43. The SMILES string of the molecule is COC(=O)C1=CCC2(CC1)COC2. The highest BCUT2D eigenvalue weighted by atomic mass is 16.5. The van der Waals surface area contributed by atoms with Crippen LogP contribution < -0.4 is 0 Å². The fourth-order valence-corrected chi connectivity index (χ4v) is 1.91. The first kappa shape index (κ1) is 8.75. The molecule has 0 saturated carbocycles. The smallest absolute Gasteiger partial charge is 0.333 e.